The molecule has 4 heteroatoms. The molecule has 1 saturated heterocycles. The lowest BCUT2D eigenvalue weighted by atomic mass is 9.79. The second-order valence-corrected chi connectivity index (χ2v) is 8.91. The maximum atomic E-state index is 4.69. The Kier molecular flexibility index (Phi) is 5.11. The van der Waals surface area contributed by atoms with Crippen molar-refractivity contribution in [3.63, 3.8) is 0 Å². The number of aryl methyl sites for hydroxylation is 2. The quantitative estimate of drug-likeness (QED) is 0.868. The average molecular weight is 310 g/mol. The van der Waals surface area contributed by atoms with Crippen LogP contribution in [0.2, 0.25) is 0 Å². The van der Waals surface area contributed by atoms with Crippen LogP contribution in [0.25, 0.3) is 0 Å². The van der Waals surface area contributed by atoms with E-state index in [-0.39, 0.29) is 11.1 Å². The van der Waals surface area contributed by atoms with Crippen LogP contribution in [-0.4, -0.2) is 22.1 Å². The van der Waals surface area contributed by atoms with Crippen molar-refractivity contribution in [3.05, 3.63) is 15.6 Å². The van der Waals surface area contributed by atoms with Crippen LogP contribution in [0.3, 0.4) is 0 Å². The third kappa shape index (κ3) is 4.76. The number of hydrogen-bond acceptors (Lipinski definition) is 4. The minimum Gasteiger partial charge on any atom is -0.309 e. The van der Waals surface area contributed by atoms with Crippen molar-refractivity contribution >= 4 is 11.3 Å². The van der Waals surface area contributed by atoms with Crippen molar-refractivity contribution in [2.75, 3.05) is 0 Å². The lowest BCUT2D eigenvalue weighted by Gasteiger charge is -2.46. The molecule has 21 heavy (non-hydrogen) atoms. The molecular formula is C17H31N3S. The van der Waals surface area contributed by atoms with Gasteiger partial charge in [0.15, 0.2) is 0 Å². The van der Waals surface area contributed by atoms with E-state index in [9.17, 15) is 0 Å². The SMILES string of the molecule is CCCc1nc(C)c(CNC2CC(C)(C)NC(C)(C)C2)s1. The molecule has 0 amide bonds. The molecule has 1 aliphatic heterocycles. The van der Waals surface area contributed by atoms with Gasteiger partial charge < -0.3 is 10.6 Å². The molecule has 1 aromatic rings. The minimum atomic E-state index is 0.204. The summed E-state index contributed by atoms with van der Waals surface area (Å²) < 4.78 is 0. The summed E-state index contributed by atoms with van der Waals surface area (Å²) >= 11 is 1.88. The van der Waals surface area contributed by atoms with E-state index in [4.69, 9.17) is 0 Å². The van der Waals surface area contributed by atoms with Crippen LogP contribution >= 0.6 is 11.3 Å². The van der Waals surface area contributed by atoms with Gasteiger partial charge in [-0.15, -0.1) is 11.3 Å². The highest BCUT2D eigenvalue weighted by Crippen LogP contribution is 2.29. The van der Waals surface area contributed by atoms with Gasteiger partial charge in [0, 0.05) is 28.5 Å². The first-order chi connectivity index (χ1) is 9.71. The molecule has 0 saturated carbocycles. The number of aromatic nitrogens is 1. The van der Waals surface area contributed by atoms with Crippen molar-refractivity contribution in [2.45, 2.75) is 90.9 Å². The molecule has 0 bridgehead atoms. The molecule has 1 fully saturated rings. The normalized spacial score (nSPS) is 21.6. The summed E-state index contributed by atoms with van der Waals surface area (Å²) in [6.07, 6.45) is 4.64. The Morgan fingerprint density at radius 1 is 1.24 bits per heavy atom. The summed E-state index contributed by atoms with van der Waals surface area (Å²) in [5.41, 5.74) is 1.62. The summed E-state index contributed by atoms with van der Waals surface area (Å²) in [6.45, 7) is 14.5. The van der Waals surface area contributed by atoms with Gasteiger partial charge in [-0.3, -0.25) is 0 Å². The Labute approximate surface area is 133 Å². The van der Waals surface area contributed by atoms with E-state index in [1.807, 2.05) is 11.3 Å². The Balaban J connectivity index is 1.96. The standard InChI is InChI=1S/C17H31N3S/c1-7-8-15-19-12(2)14(21-15)11-18-13-9-16(3,4)20-17(5,6)10-13/h13,18,20H,7-11H2,1-6H3. The fraction of sp³-hybridized carbons (Fsp3) is 0.824. The molecule has 1 aliphatic rings. The first kappa shape index (κ1) is 16.9. The van der Waals surface area contributed by atoms with Gasteiger partial charge in [0.1, 0.15) is 0 Å². The van der Waals surface area contributed by atoms with Crippen molar-refractivity contribution < 1.29 is 0 Å². The fourth-order valence-electron chi connectivity index (χ4n) is 3.68. The van der Waals surface area contributed by atoms with Crippen LogP contribution in [0.15, 0.2) is 0 Å². The Morgan fingerprint density at radius 3 is 2.43 bits per heavy atom. The zero-order valence-electron chi connectivity index (χ0n) is 14.5. The zero-order valence-corrected chi connectivity index (χ0v) is 15.3. The van der Waals surface area contributed by atoms with Crippen LogP contribution in [0.1, 0.15) is 69.5 Å². The van der Waals surface area contributed by atoms with Gasteiger partial charge in [0.25, 0.3) is 0 Å². The van der Waals surface area contributed by atoms with E-state index < -0.39 is 0 Å². The van der Waals surface area contributed by atoms with Gasteiger partial charge in [-0.1, -0.05) is 6.92 Å². The third-order valence-electron chi connectivity index (χ3n) is 4.14. The van der Waals surface area contributed by atoms with E-state index in [1.165, 1.54) is 34.8 Å². The highest BCUT2D eigenvalue weighted by atomic mass is 32.1. The molecule has 2 rings (SSSR count). The van der Waals surface area contributed by atoms with E-state index >= 15 is 0 Å². The smallest absolute Gasteiger partial charge is 0.0931 e. The van der Waals surface area contributed by atoms with Crippen molar-refractivity contribution in [3.8, 4) is 0 Å². The van der Waals surface area contributed by atoms with Crippen LogP contribution in [0.5, 0.6) is 0 Å². The summed E-state index contributed by atoms with van der Waals surface area (Å²) in [7, 11) is 0. The molecule has 0 unspecified atom stereocenters. The molecular weight excluding hydrogens is 278 g/mol. The van der Waals surface area contributed by atoms with Crippen LogP contribution in [0.4, 0.5) is 0 Å². The van der Waals surface area contributed by atoms with Crippen LogP contribution < -0.4 is 10.6 Å². The molecule has 0 atom stereocenters. The molecule has 2 N–H and O–H groups in total. The second-order valence-electron chi connectivity index (χ2n) is 7.75. The Bertz CT molecular complexity index is 460. The first-order valence-corrected chi connectivity index (χ1v) is 9.00. The van der Waals surface area contributed by atoms with Gasteiger partial charge in [-0.25, -0.2) is 4.98 Å². The number of thiazole rings is 1. The molecule has 3 nitrogen and oxygen atoms in total. The molecule has 0 radical (unpaired) electrons. The lowest BCUT2D eigenvalue weighted by molar-refractivity contribution is 0.145. The number of nitrogens with one attached hydrogen (secondary N) is 2. The first-order valence-electron chi connectivity index (χ1n) is 8.19. The monoisotopic (exact) mass is 309 g/mol. The molecule has 120 valence electrons. The summed E-state index contributed by atoms with van der Waals surface area (Å²) in [4.78, 5) is 6.10. The van der Waals surface area contributed by atoms with Gasteiger partial charge in [-0.05, 0) is 60.3 Å². The van der Waals surface area contributed by atoms with Crippen LogP contribution in [-0.2, 0) is 13.0 Å². The molecule has 2 heterocycles. The average Bonchev–Trinajstić information content (AvgIpc) is 2.63. The number of rotatable bonds is 5. The highest BCUT2D eigenvalue weighted by Gasteiger charge is 2.37. The summed E-state index contributed by atoms with van der Waals surface area (Å²) in [6, 6.07) is 0.576. The molecule has 1 aromatic heterocycles. The Morgan fingerprint density at radius 2 is 1.86 bits per heavy atom. The van der Waals surface area contributed by atoms with Gasteiger partial charge >= 0.3 is 0 Å². The van der Waals surface area contributed by atoms with Crippen LogP contribution in [0, 0.1) is 6.92 Å². The van der Waals surface area contributed by atoms with Gasteiger partial charge in [-0.2, -0.15) is 0 Å². The van der Waals surface area contributed by atoms with Crippen molar-refractivity contribution in [2.24, 2.45) is 0 Å². The summed E-state index contributed by atoms with van der Waals surface area (Å²) in [5.74, 6) is 0. The topological polar surface area (TPSA) is 37.0 Å². The molecule has 0 spiro atoms. The highest BCUT2D eigenvalue weighted by molar-refractivity contribution is 7.11. The van der Waals surface area contributed by atoms with E-state index in [1.54, 1.807) is 0 Å². The van der Waals surface area contributed by atoms with E-state index in [0.29, 0.717) is 6.04 Å². The zero-order chi connectivity index (χ0) is 15.7. The van der Waals surface area contributed by atoms with Crippen molar-refractivity contribution in [1.29, 1.82) is 0 Å². The Hall–Kier alpha value is -0.450. The fourth-order valence-corrected chi connectivity index (χ4v) is 4.80. The molecule has 0 aromatic carbocycles. The largest absolute Gasteiger partial charge is 0.309 e. The predicted octanol–water partition coefficient (Wildman–Crippen LogP) is 3.80. The number of hydrogen-bond donors (Lipinski definition) is 2. The maximum absolute atomic E-state index is 4.69. The van der Waals surface area contributed by atoms with Crippen molar-refractivity contribution in [1.82, 2.24) is 15.6 Å². The van der Waals surface area contributed by atoms with Gasteiger partial charge in [0.2, 0.25) is 0 Å². The predicted molar refractivity (Wildman–Crippen MR) is 92.0 cm³/mol. The van der Waals surface area contributed by atoms with E-state index in [0.717, 1.165) is 13.0 Å². The summed E-state index contributed by atoms with van der Waals surface area (Å²) in [5, 5.41) is 8.81. The third-order valence-corrected chi connectivity index (χ3v) is 5.36. The second kappa shape index (κ2) is 6.35. The lowest BCUT2D eigenvalue weighted by Crippen LogP contribution is -2.61. The maximum Gasteiger partial charge on any atom is 0.0931 e. The number of piperidine rings is 1. The van der Waals surface area contributed by atoms with E-state index in [2.05, 4.69) is 57.2 Å². The minimum absolute atomic E-state index is 0.204. The molecule has 0 aliphatic carbocycles. The van der Waals surface area contributed by atoms with Gasteiger partial charge in [0.05, 0.1) is 10.7 Å². The number of nitrogens with zero attached hydrogens (tertiary/aromatic N) is 1.